The minimum atomic E-state index is 0.388. The summed E-state index contributed by atoms with van der Waals surface area (Å²) in [6.45, 7) is 7.55. The van der Waals surface area contributed by atoms with Crippen LogP contribution in [-0.2, 0) is 11.8 Å². The van der Waals surface area contributed by atoms with Crippen molar-refractivity contribution in [1.29, 1.82) is 0 Å². The first-order valence-corrected chi connectivity index (χ1v) is 8.53. The third kappa shape index (κ3) is 1.81. The Balaban J connectivity index is 1.94. The van der Waals surface area contributed by atoms with E-state index < -0.39 is 0 Å². The van der Waals surface area contributed by atoms with Crippen LogP contribution in [0.4, 0.5) is 0 Å². The molecular formula is C21H26. The van der Waals surface area contributed by atoms with Crippen LogP contribution in [-0.4, -0.2) is 0 Å². The maximum absolute atomic E-state index is 2.55. The smallest absolute Gasteiger partial charge is 0.00389 e. The van der Waals surface area contributed by atoms with Gasteiger partial charge in [-0.15, -0.1) is 0 Å². The lowest BCUT2D eigenvalue weighted by atomic mass is 9.50. The van der Waals surface area contributed by atoms with Gasteiger partial charge in [0.25, 0.3) is 0 Å². The standard InChI is InChI=1S/C21H26/c1-20(2)13-6-14-21(3)18-11-9-15-7-4-5-8-16(15)17(18)10-12-19(20)21/h4-5,7-9,11,19H,6,10,12-14H2,1-3H3/t19-,21+/m0/s1. The van der Waals surface area contributed by atoms with Gasteiger partial charge in [0.05, 0.1) is 0 Å². The van der Waals surface area contributed by atoms with Crippen molar-refractivity contribution in [1.82, 2.24) is 0 Å². The second-order valence-electron chi connectivity index (χ2n) is 8.16. The minimum Gasteiger partial charge on any atom is -0.0616 e. The summed E-state index contributed by atoms with van der Waals surface area (Å²) in [5.74, 6) is 0.840. The van der Waals surface area contributed by atoms with E-state index in [0.29, 0.717) is 10.8 Å². The molecule has 110 valence electrons. The first kappa shape index (κ1) is 13.4. The van der Waals surface area contributed by atoms with Crippen LogP contribution in [0.3, 0.4) is 0 Å². The number of fused-ring (bicyclic) bond motifs is 5. The van der Waals surface area contributed by atoms with Crippen molar-refractivity contribution in [3.05, 3.63) is 47.5 Å². The van der Waals surface area contributed by atoms with Crippen LogP contribution in [0, 0.1) is 11.3 Å². The van der Waals surface area contributed by atoms with Crippen LogP contribution in [0.2, 0.25) is 0 Å². The zero-order chi connectivity index (χ0) is 14.7. The molecule has 2 aliphatic carbocycles. The molecule has 0 saturated heterocycles. The summed E-state index contributed by atoms with van der Waals surface area (Å²) < 4.78 is 0. The SMILES string of the molecule is CC1(C)CCC[C@]2(C)c3ccc4ccccc4c3CC[C@@H]12. The van der Waals surface area contributed by atoms with Crippen molar-refractivity contribution in [3.8, 4) is 0 Å². The van der Waals surface area contributed by atoms with Crippen LogP contribution in [0.15, 0.2) is 36.4 Å². The fraction of sp³-hybridized carbons (Fsp3) is 0.524. The molecule has 0 radical (unpaired) electrons. The van der Waals surface area contributed by atoms with E-state index >= 15 is 0 Å². The molecule has 0 bridgehead atoms. The zero-order valence-electron chi connectivity index (χ0n) is 13.6. The predicted octanol–water partition coefficient (Wildman–Crippen LogP) is 5.87. The molecule has 0 nitrogen and oxygen atoms in total. The Labute approximate surface area is 128 Å². The molecule has 21 heavy (non-hydrogen) atoms. The minimum absolute atomic E-state index is 0.388. The molecular weight excluding hydrogens is 252 g/mol. The normalized spacial score (nSPS) is 30.7. The predicted molar refractivity (Wildman–Crippen MR) is 90.7 cm³/mol. The van der Waals surface area contributed by atoms with Gasteiger partial charge in [-0.05, 0) is 64.3 Å². The largest absolute Gasteiger partial charge is 0.0616 e. The first-order valence-electron chi connectivity index (χ1n) is 8.53. The first-order chi connectivity index (χ1) is 10.0. The Bertz CT molecular complexity index is 694. The molecule has 2 aliphatic rings. The van der Waals surface area contributed by atoms with Crippen molar-refractivity contribution in [2.75, 3.05) is 0 Å². The Morgan fingerprint density at radius 1 is 0.952 bits per heavy atom. The summed E-state index contributed by atoms with van der Waals surface area (Å²) in [6, 6.07) is 13.7. The summed E-state index contributed by atoms with van der Waals surface area (Å²) in [5, 5.41) is 2.91. The molecule has 0 spiro atoms. The number of rotatable bonds is 0. The van der Waals surface area contributed by atoms with E-state index in [0.717, 1.165) is 5.92 Å². The van der Waals surface area contributed by atoms with Gasteiger partial charge < -0.3 is 0 Å². The highest BCUT2D eigenvalue weighted by Crippen LogP contribution is 2.57. The van der Waals surface area contributed by atoms with Crippen LogP contribution in [0.5, 0.6) is 0 Å². The average molecular weight is 278 g/mol. The van der Waals surface area contributed by atoms with E-state index in [1.54, 1.807) is 11.1 Å². The van der Waals surface area contributed by atoms with Crippen LogP contribution >= 0.6 is 0 Å². The van der Waals surface area contributed by atoms with Gasteiger partial charge >= 0.3 is 0 Å². The van der Waals surface area contributed by atoms with Crippen LogP contribution in [0.1, 0.15) is 57.6 Å². The third-order valence-corrected chi connectivity index (χ3v) is 6.57. The highest BCUT2D eigenvalue weighted by Gasteiger charge is 2.49. The quantitative estimate of drug-likeness (QED) is 0.565. The lowest BCUT2D eigenvalue weighted by molar-refractivity contribution is 0.0410. The van der Waals surface area contributed by atoms with Crippen molar-refractivity contribution < 1.29 is 0 Å². The van der Waals surface area contributed by atoms with E-state index in [2.05, 4.69) is 57.2 Å². The van der Waals surface area contributed by atoms with Gasteiger partial charge in [0, 0.05) is 0 Å². The Hall–Kier alpha value is -1.30. The van der Waals surface area contributed by atoms with E-state index in [4.69, 9.17) is 0 Å². The fourth-order valence-electron chi connectivity index (χ4n) is 5.58. The van der Waals surface area contributed by atoms with Gasteiger partial charge in [-0.1, -0.05) is 63.6 Å². The van der Waals surface area contributed by atoms with Crippen molar-refractivity contribution in [2.24, 2.45) is 11.3 Å². The second-order valence-corrected chi connectivity index (χ2v) is 8.16. The Kier molecular flexibility index (Phi) is 2.77. The fourth-order valence-corrected chi connectivity index (χ4v) is 5.58. The molecule has 4 rings (SSSR count). The van der Waals surface area contributed by atoms with Gasteiger partial charge in [0.15, 0.2) is 0 Å². The van der Waals surface area contributed by atoms with Gasteiger partial charge in [0.2, 0.25) is 0 Å². The molecule has 0 aromatic heterocycles. The molecule has 0 aliphatic heterocycles. The summed E-state index contributed by atoms with van der Waals surface area (Å²) in [6.07, 6.45) is 6.78. The van der Waals surface area contributed by atoms with Crippen molar-refractivity contribution in [3.63, 3.8) is 0 Å². The van der Waals surface area contributed by atoms with Gasteiger partial charge in [-0.25, -0.2) is 0 Å². The van der Waals surface area contributed by atoms with E-state index in [9.17, 15) is 0 Å². The van der Waals surface area contributed by atoms with Crippen LogP contribution in [0.25, 0.3) is 10.8 Å². The van der Waals surface area contributed by atoms with E-state index in [-0.39, 0.29) is 0 Å². The average Bonchev–Trinajstić information content (AvgIpc) is 2.46. The summed E-state index contributed by atoms with van der Waals surface area (Å²) in [4.78, 5) is 0. The zero-order valence-corrected chi connectivity index (χ0v) is 13.6. The van der Waals surface area contributed by atoms with Crippen molar-refractivity contribution in [2.45, 2.75) is 58.3 Å². The van der Waals surface area contributed by atoms with Crippen molar-refractivity contribution >= 4 is 10.8 Å². The maximum Gasteiger partial charge on any atom is -0.00389 e. The molecule has 2 aromatic rings. The van der Waals surface area contributed by atoms with E-state index in [1.807, 2.05) is 0 Å². The number of hydrogen-bond donors (Lipinski definition) is 0. The molecule has 2 atom stereocenters. The number of hydrogen-bond acceptors (Lipinski definition) is 0. The number of aryl methyl sites for hydroxylation is 1. The molecule has 2 aromatic carbocycles. The molecule has 0 amide bonds. The second kappa shape index (κ2) is 4.35. The molecule has 1 fully saturated rings. The number of benzene rings is 2. The van der Waals surface area contributed by atoms with Gasteiger partial charge in [-0.3, -0.25) is 0 Å². The summed E-state index contributed by atoms with van der Waals surface area (Å²) in [7, 11) is 0. The summed E-state index contributed by atoms with van der Waals surface area (Å²) in [5.41, 5.74) is 4.19. The lowest BCUT2D eigenvalue weighted by Crippen LogP contribution is -2.47. The lowest BCUT2D eigenvalue weighted by Gasteiger charge is -2.54. The topological polar surface area (TPSA) is 0 Å². The summed E-state index contributed by atoms with van der Waals surface area (Å²) >= 11 is 0. The highest BCUT2D eigenvalue weighted by molar-refractivity contribution is 5.87. The van der Waals surface area contributed by atoms with Gasteiger partial charge in [0.1, 0.15) is 0 Å². The maximum atomic E-state index is 2.55. The molecule has 0 heterocycles. The molecule has 0 heteroatoms. The molecule has 0 N–H and O–H groups in total. The van der Waals surface area contributed by atoms with E-state index in [1.165, 1.54) is 42.9 Å². The monoisotopic (exact) mass is 278 g/mol. The highest BCUT2D eigenvalue weighted by atomic mass is 14.5. The van der Waals surface area contributed by atoms with Crippen LogP contribution < -0.4 is 0 Å². The van der Waals surface area contributed by atoms with Gasteiger partial charge in [-0.2, -0.15) is 0 Å². The third-order valence-electron chi connectivity index (χ3n) is 6.57. The molecule has 1 saturated carbocycles. The molecule has 0 unspecified atom stereocenters. The Morgan fingerprint density at radius 3 is 2.62 bits per heavy atom. The Morgan fingerprint density at radius 2 is 1.76 bits per heavy atom.